The maximum atomic E-state index is 9.45. The van der Waals surface area contributed by atoms with E-state index in [1.165, 1.54) is 0 Å². The average Bonchev–Trinajstić information content (AvgIpc) is 2.06. The summed E-state index contributed by atoms with van der Waals surface area (Å²) in [5, 5.41) is 10.1. The number of halogens is 1. The van der Waals surface area contributed by atoms with E-state index < -0.39 is 0 Å². The summed E-state index contributed by atoms with van der Waals surface area (Å²) in [7, 11) is 0. The van der Waals surface area contributed by atoms with Gasteiger partial charge in [-0.2, -0.15) is 0 Å². The van der Waals surface area contributed by atoms with Crippen LogP contribution in [-0.2, 0) is 6.42 Å². The van der Waals surface area contributed by atoms with E-state index >= 15 is 0 Å². The molecule has 0 aliphatic rings. The SMILES string of the molecule is C[C@H](N)CCc1cc(Cl)ccc1O. The summed E-state index contributed by atoms with van der Waals surface area (Å²) in [4.78, 5) is 0. The average molecular weight is 200 g/mol. The Balaban J connectivity index is 2.70. The summed E-state index contributed by atoms with van der Waals surface area (Å²) in [5.74, 6) is 0.296. The van der Waals surface area contributed by atoms with E-state index in [1.807, 2.05) is 6.92 Å². The van der Waals surface area contributed by atoms with Gasteiger partial charge < -0.3 is 10.8 Å². The lowest BCUT2D eigenvalue weighted by Crippen LogP contribution is -2.15. The number of hydrogen-bond donors (Lipinski definition) is 2. The summed E-state index contributed by atoms with van der Waals surface area (Å²) >= 11 is 5.79. The van der Waals surface area contributed by atoms with Crippen molar-refractivity contribution in [2.24, 2.45) is 5.73 Å². The molecule has 0 saturated carbocycles. The fourth-order valence-electron chi connectivity index (χ4n) is 1.14. The highest BCUT2D eigenvalue weighted by atomic mass is 35.5. The number of aryl methyl sites for hydroxylation is 1. The molecule has 1 rings (SSSR count). The van der Waals surface area contributed by atoms with Crippen molar-refractivity contribution in [2.45, 2.75) is 25.8 Å². The van der Waals surface area contributed by atoms with Gasteiger partial charge >= 0.3 is 0 Å². The van der Waals surface area contributed by atoms with Gasteiger partial charge in [-0.15, -0.1) is 0 Å². The van der Waals surface area contributed by atoms with Crippen molar-refractivity contribution in [2.75, 3.05) is 0 Å². The van der Waals surface area contributed by atoms with Crippen LogP contribution in [-0.4, -0.2) is 11.1 Å². The van der Waals surface area contributed by atoms with Crippen molar-refractivity contribution in [3.8, 4) is 5.75 Å². The Kier molecular flexibility index (Phi) is 3.58. The van der Waals surface area contributed by atoms with Crippen LogP contribution in [0, 0.1) is 0 Å². The molecule has 0 spiro atoms. The largest absolute Gasteiger partial charge is 0.508 e. The summed E-state index contributed by atoms with van der Waals surface area (Å²) in [6.45, 7) is 1.95. The lowest BCUT2D eigenvalue weighted by molar-refractivity contribution is 0.466. The maximum absolute atomic E-state index is 9.45. The first-order valence-electron chi connectivity index (χ1n) is 4.32. The molecule has 0 amide bonds. The second-order valence-electron chi connectivity index (χ2n) is 3.29. The summed E-state index contributed by atoms with van der Waals surface area (Å²) < 4.78 is 0. The van der Waals surface area contributed by atoms with E-state index in [-0.39, 0.29) is 6.04 Å². The molecular weight excluding hydrogens is 186 g/mol. The number of rotatable bonds is 3. The number of benzene rings is 1. The highest BCUT2D eigenvalue weighted by molar-refractivity contribution is 6.30. The van der Waals surface area contributed by atoms with Crippen LogP contribution in [0.5, 0.6) is 5.75 Å². The van der Waals surface area contributed by atoms with Crippen LogP contribution in [0.1, 0.15) is 18.9 Å². The molecule has 0 heterocycles. The zero-order valence-electron chi connectivity index (χ0n) is 7.63. The van der Waals surface area contributed by atoms with Gasteiger partial charge in [0.15, 0.2) is 0 Å². The Morgan fingerprint density at radius 2 is 2.23 bits per heavy atom. The maximum Gasteiger partial charge on any atom is 0.118 e. The molecule has 1 aromatic rings. The van der Waals surface area contributed by atoms with E-state index in [4.69, 9.17) is 17.3 Å². The molecule has 0 saturated heterocycles. The zero-order valence-corrected chi connectivity index (χ0v) is 8.38. The molecule has 2 nitrogen and oxygen atoms in total. The second kappa shape index (κ2) is 4.49. The van der Waals surface area contributed by atoms with Crippen molar-refractivity contribution in [3.63, 3.8) is 0 Å². The third-order valence-corrected chi connectivity index (χ3v) is 2.15. The normalized spacial score (nSPS) is 12.8. The molecular formula is C10H14ClNO. The lowest BCUT2D eigenvalue weighted by Gasteiger charge is -2.07. The minimum Gasteiger partial charge on any atom is -0.508 e. The Bertz CT molecular complexity index is 286. The molecule has 1 atom stereocenters. The van der Waals surface area contributed by atoms with E-state index in [1.54, 1.807) is 18.2 Å². The minimum absolute atomic E-state index is 0.151. The lowest BCUT2D eigenvalue weighted by atomic mass is 10.1. The van der Waals surface area contributed by atoms with Crippen LogP contribution in [0.3, 0.4) is 0 Å². The number of aromatic hydroxyl groups is 1. The number of phenols is 1. The third-order valence-electron chi connectivity index (χ3n) is 1.91. The molecule has 1 aromatic carbocycles. The van der Waals surface area contributed by atoms with Crippen LogP contribution in [0.4, 0.5) is 0 Å². The van der Waals surface area contributed by atoms with Crippen molar-refractivity contribution < 1.29 is 5.11 Å². The minimum atomic E-state index is 0.151. The smallest absolute Gasteiger partial charge is 0.118 e. The van der Waals surface area contributed by atoms with Crippen molar-refractivity contribution in [1.29, 1.82) is 0 Å². The van der Waals surface area contributed by atoms with E-state index in [9.17, 15) is 5.11 Å². The van der Waals surface area contributed by atoms with Crippen molar-refractivity contribution in [3.05, 3.63) is 28.8 Å². The molecule has 0 aliphatic heterocycles. The molecule has 72 valence electrons. The zero-order chi connectivity index (χ0) is 9.84. The van der Waals surface area contributed by atoms with E-state index in [0.717, 1.165) is 18.4 Å². The molecule has 0 fully saturated rings. The topological polar surface area (TPSA) is 46.2 Å². The molecule has 3 N–H and O–H groups in total. The van der Waals surface area contributed by atoms with Gasteiger partial charge in [0.2, 0.25) is 0 Å². The van der Waals surface area contributed by atoms with Gasteiger partial charge in [-0.1, -0.05) is 11.6 Å². The molecule has 0 radical (unpaired) electrons. The second-order valence-corrected chi connectivity index (χ2v) is 3.73. The molecule has 3 heteroatoms. The first kappa shape index (κ1) is 10.4. The van der Waals surface area contributed by atoms with Crippen LogP contribution in [0.2, 0.25) is 5.02 Å². The van der Waals surface area contributed by atoms with Crippen LogP contribution >= 0.6 is 11.6 Å². The number of hydrogen-bond acceptors (Lipinski definition) is 2. The van der Waals surface area contributed by atoms with Gasteiger partial charge in [0.25, 0.3) is 0 Å². The van der Waals surface area contributed by atoms with Gasteiger partial charge in [-0.05, 0) is 43.5 Å². The molecule has 0 bridgehead atoms. The van der Waals surface area contributed by atoms with E-state index in [2.05, 4.69) is 0 Å². The summed E-state index contributed by atoms with van der Waals surface area (Å²) in [6, 6.07) is 5.21. The summed E-state index contributed by atoms with van der Waals surface area (Å²) in [6.07, 6.45) is 1.62. The van der Waals surface area contributed by atoms with Crippen LogP contribution < -0.4 is 5.73 Å². The Labute approximate surface area is 83.3 Å². The van der Waals surface area contributed by atoms with Gasteiger partial charge in [-0.3, -0.25) is 0 Å². The Morgan fingerprint density at radius 1 is 1.54 bits per heavy atom. The highest BCUT2D eigenvalue weighted by Crippen LogP contribution is 2.22. The van der Waals surface area contributed by atoms with Gasteiger partial charge in [-0.25, -0.2) is 0 Å². The van der Waals surface area contributed by atoms with Crippen LogP contribution in [0.15, 0.2) is 18.2 Å². The van der Waals surface area contributed by atoms with Gasteiger partial charge in [0.05, 0.1) is 0 Å². The predicted octanol–water partition coefficient (Wildman–Crippen LogP) is 2.33. The summed E-state index contributed by atoms with van der Waals surface area (Å²) in [5.41, 5.74) is 6.48. The standard InChI is InChI=1S/C10H14ClNO/c1-7(12)2-3-8-6-9(11)4-5-10(8)13/h4-7,13H,2-3,12H2,1H3/t7-/m0/s1. The molecule has 0 aliphatic carbocycles. The first-order valence-corrected chi connectivity index (χ1v) is 4.70. The third kappa shape index (κ3) is 3.25. The number of nitrogens with two attached hydrogens (primary N) is 1. The van der Waals surface area contributed by atoms with Crippen LogP contribution in [0.25, 0.3) is 0 Å². The quantitative estimate of drug-likeness (QED) is 0.785. The molecule has 0 aromatic heterocycles. The fourth-order valence-corrected chi connectivity index (χ4v) is 1.33. The molecule has 13 heavy (non-hydrogen) atoms. The number of phenolic OH excluding ortho intramolecular Hbond substituents is 1. The van der Waals surface area contributed by atoms with E-state index in [0.29, 0.717) is 10.8 Å². The fraction of sp³-hybridized carbons (Fsp3) is 0.400. The first-order chi connectivity index (χ1) is 6.09. The van der Waals surface area contributed by atoms with Gasteiger partial charge in [0, 0.05) is 11.1 Å². The van der Waals surface area contributed by atoms with Gasteiger partial charge in [0.1, 0.15) is 5.75 Å². The Morgan fingerprint density at radius 3 is 2.85 bits per heavy atom. The van der Waals surface area contributed by atoms with Crippen molar-refractivity contribution >= 4 is 11.6 Å². The molecule has 0 unspecified atom stereocenters. The Hall–Kier alpha value is -0.730. The monoisotopic (exact) mass is 199 g/mol. The highest BCUT2D eigenvalue weighted by Gasteiger charge is 2.03. The van der Waals surface area contributed by atoms with Crippen molar-refractivity contribution in [1.82, 2.24) is 0 Å². The predicted molar refractivity (Wildman–Crippen MR) is 55.1 cm³/mol.